The first kappa shape index (κ1) is 16.2. The summed E-state index contributed by atoms with van der Waals surface area (Å²) in [6, 6.07) is 13.4. The number of carbonyl (C=O) groups excluding carboxylic acids is 1. The molecule has 5 heteroatoms. The lowest BCUT2D eigenvalue weighted by molar-refractivity contribution is -0.130. The van der Waals surface area contributed by atoms with Gasteiger partial charge in [0.1, 0.15) is 5.75 Å². The second kappa shape index (κ2) is 7.25. The van der Waals surface area contributed by atoms with Crippen molar-refractivity contribution in [1.82, 2.24) is 4.90 Å². The van der Waals surface area contributed by atoms with Crippen LogP contribution >= 0.6 is 0 Å². The molecule has 1 heterocycles. The Kier molecular flexibility index (Phi) is 4.89. The summed E-state index contributed by atoms with van der Waals surface area (Å²) < 4.78 is 16.0. The minimum Gasteiger partial charge on any atom is -0.496 e. The Hall–Kier alpha value is -2.69. The van der Waals surface area contributed by atoms with Crippen molar-refractivity contribution in [3.8, 4) is 17.2 Å². The number of para-hydroxylation sites is 1. The van der Waals surface area contributed by atoms with Crippen LogP contribution in [0.25, 0.3) is 0 Å². The van der Waals surface area contributed by atoms with Gasteiger partial charge in [-0.3, -0.25) is 4.79 Å². The van der Waals surface area contributed by atoms with E-state index >= 15 is 0 Å². The predicted octanol–water partition coefficient (Wildman–Crippen LogP) is 3.02. The summed E-state index contributed by atoms with van der Waals surface area (Å²) in [6.07, 6.45) is 0.322. The Morgan fingerprint density at radius 1 is 1.17 bits per heavy atom. The predicted molar refractivity (Wildman–Crippen MR) is 90.4 cm³/mol. The molecule has 0 aliphatic carbocycles. The van der Waals surface area contributed by atoms with Crippen molar-refractivity contribution in [2.75, 3.05) is 20.4 Å². The highest BCUT2D eigenvalue weighted by atomic mass is 16.7. The van der Waals surface area contributed by atoms with Crippen molar-refractivity contribution < 1.29 is 19.0 Å². The summed E-state index contributed by atoms with van der Waals surface area (Å²) in [4.78, 5) is 14.5. The fourth-order valence-electron chi connectivity index (χ4n) is 2.76. The maximum Gasteiger partial charge on any atom is 0.231 e. The summed E-state index contributed by atoms with van der Waals surface area (Å²) in [5, 5.41) is 0. The van der Waals surface area contributed by atoms with Gasteiger partial charge >= 0.3 is 0 Å². The zero-order chi connectivity index (χ0) is 16.9. The zero-order valence-electron chi connectivity index (χ0n) is 14.0. The van der Waals surface area contributed by atoms with E-state index in [1.54, 1.807) is 7.11 Å². The van der Waals surface area contributed by atoms with Gasteiger partial charge < -0.3 is 19.1 Å². The molecule has 0 aromatic heterocycles. The summed E-state index contributed by atoms with van der Waals surface area (Å²) in [7, 11) is 1.62. The highest BCUT2D eigenvalue weighted by molar-refractivity contribution is 5.79. The van der Waals surface area contributed by atoms with E-state index in [-0.39, 0.29) is 12.7 Å². The minimum absolute atomic E-state index is 0.0691. The molecule has 0 bridgehead atoms. The van der Waals surface area contributed by atoms with Gasteiger partial charge in [0.25, 0.3) is 0 Å². The second-order valence-corrected chi connectivity index (χ2v) is 5.58. The molecule has 1 aliphatic rings. The molecule has 0 N–H and O–H groups in total. The van der Waals surface area contributed by atoms with E-state index in [2.05, 4.69) is 0 Å². The molecule has 5 nitrogen and oxygen atoms in total. The van der Waals surface area contributed by atoms with Gasteiger partial charge in [0.05, 0.1) is 13.5 Å². The molecule has 2 aromatic rings. The summed E-state index contributed by atoms with van der Waals surface area (Å²) in [5.74, 6) is 2.30. The van der Waals surface area contributed by atoms with Crippen molar-refractivity contribution in [2.45, 2.75) is 19.9 Å². The van der Waals surface area contributed by atoms with Crippen molar-refractivity contribution in [2.24, 2.45) is 0 Å². The van der Waals surface area contributed by atoms with Gasteiger partial charge in [-0.15, -0.1) is 0 Å². The number of nitrogens with zero attached hydrogens (tertiary/aromatic N) is 1. The van der Waals surface area contributed by atoms with E-state index in [9.17, 15) is 4.79 Å². The fraction of sp³-hybridized carbons (Fsp3) is 0.316. The Morgan fingerprint density at radius 3 is 2.75 bits per heavy atom. The van der Waals surface area contributed by atoms with Crippen LogP contribution in [0.15, 0.2) is 42.5 Å². The van der Waals surface area contributed by atoms with Crippen molar-refractivity contribution in [3.05, 3.63) is 53.6 Å². The third-order valence-electron chi connectivity index (χ3n) is 4.08. The first-order valence-electron chi connectivity index (χ1n) is 7.99. The average molecular weight is 327 g/mol. The summed E-state index contributed by atoms with van der Waals surface area (Å²) in [6.45, 7) is 3.42. The number of hydrogen-bond donors (Lipinski definition) is 0. The first-order valence-corrected chi connectivity index (χ1v) is 7.99. The smallest absolute Gasteiger partial charge is 0.231 e. The lowest BCUT2D eigenvalue weighted by atomic mass is 10.1. The van der Waals surface area contributed by atoms with Crippen LogP contribution in [0.1, 0.15) is 18.1 Å². The van der Waals surface area contributed by atoms with Crippen molar-refractivity contribution >= 4 is 5.91 Å². The molecular formula is C19H21NO4. The molecular weight excluding hydrogens is 306 g/mol. The van der Waals surface area contributed by atoms with Crippen molar-refractivity contribution in [3.63, 3.8) is 0 Å². The van der Waals surface area contributed by atoms with Gasteiger partial charge in [0.15, 0.2) is 11.5 Å². The molecule has 0 radical (unpaired) electrons. The van der Waals surface area contributed by atoms with Crippen LogP contribution in [-0.2, 0) is 17.8 Å². The Balaban J connectivity index is 1.70. The van der Waals surface area contributed by atoms with Crippen LogP contribution in [0, 0.1) is 0 Å². The number of hydrogen-bond acceptors (Lipinski definition) is 4. The summed E-state index contributed by atoms with van der Waals surface area (Å²) >= 11 is 0. The fourth-order valence-corrected chi connectivity index (χ4v) is 2.76. The molecule has 0 saturated heterocycles. The van der Waals surface area contributed by atoms with E-state index in [0.717, 1.165) is 28.4 Å². The standard InChI is InChI=1S/C19H21NO4/c1-3-20(12-14-8-9-17-18(10-14)24-13-23-17)19(21)11-15-6-4-5-7-16(15)22-2/h4-10H,3,11-13H2,1-2H3. The molecule has 126 valence electrons. The quantitative estimate of drug-likeness (QED) is 0.818. The average Bonchev–Trinajstić information content (AvgIpc) is 3.07. The van der Waals surface area contributed by atoms with Crippen LogP contribution in [0.3, 0.4) is 0 Å². The first-order chi connectivity index (χ1) is 11.7. The minimum atomic E-state index is 0.0691. The van der Waals surface area contributed by atoms with E-state index < -0.39 is 0 Å². The Morgan fingerprint density at radius 2 is 1.96 bits per heavy atom. The number of ether oxygens (including phenoxy) is 3. The van der Waals surface area contributed by atoms with Crippen LogP contribution in [0.4, 0.5) is 0 Å². The highest BCUT2D eigenvalue weighted by Crippen LogP contribution is 2.32. The van der Waals surface area contributed by atoms with Gasteiger partial charge in [-0.25, -0.2) is 0 Å². The van der Waals surface area contributed by atoms with Gasteiger partial charge in [0.2, 0.25) is 12.7 Å². The number of methoxy groups -OCH3 is 1. The van der Waals surface area contributed by atoms with E-state index in [0.29, 0.717) is 19.5 Å². The van der Waals surface area contributed by atoms with Gasteiger partial charge in [-0.1, -0.05) is 24.3 Å². The van der Waals surface area contributed by atoms with Gasteiger partial charge in [-0.2, -0.15) is 0 Å². The molecule has 0 atom stereocenters. The molecule has 1 aliphatic heterocycles. The van der Waals surface area contributed by atoms with Crippen LogP contribution in [0.5, 0.6) is 17.2 Å². The van der Waals surface area contributed by atoms with Crippen LogP contribution in [0.2, 0.25) is 0 Å². The second-order valence-electron chi connectivity index (χ2n) is 5.58. The summed E-state index contributed by atoms with van der Waals surface area (Å²) in [5.41, 5.74) is 1.92. The maximum atomic E-state index is 12.7. The third kappa shape index (κ3) is 3.45. The number of amides is 1. The SMILES string of the molecule is CCN(Cc1ccc2c(c1)OCO2)C(=O)Cc1ccccc1OC. The normalized spacial score (nSPS) is 12.1. The Bertz CT molecular complexity index is 729. The van der Waals surface area contributed by atoms with Gasteiger partial charge in [0, 0.05) is 18.7 Å². The number of rotatable bonds is 6. The molecule has 0 spiro atoms. The number of carbonyl (C=O) groups is 1. The number of likely N-dealkylation sites (N-methyl/N-ethyl adjacent to an activating group) is 1. The highest BCUT2D eigenvalue weighted by Gasteiger charge is 2.18. The lowest BCUT2D eigenvalue weighted by Crippen LogP contribution is -2.31. The van der Waals surface area contributed by atoms with E-state index in [1.165, 1.54) is 0 Å². The molecule has 0 saturated carbocycles. The number of fused-ring (bicyclic) bond motifs is 1. The van der Waals surface area contributed by atoms with Gasteiger partial charge in [-0.05, 0) is 30.7 Å². The van der Waals surface area contributed by atoms with E-state index in [1.807, 2.05) is 54.3 Å². The molecule has 0 fully saturated rings. The molecule has 0 unspecified atom stereocenters. The Labute approximate surface area is 141 Å². The maximum absolute atomic E-state index is 12.7. The molecule has 3 rings (SSSR count). The number of benzene rings is 2. The zero-order valence-corrected chi connectivity index (χ0v) is 14.0. The topological polar surface area (TPSA) is 48.0 Å². The van der Waals surface area contributed by atoms with Crippen molar-refractivity contribution in [1.29, 1.82) is 0 Å². The van der Waals surface area contributed by atoms with E-state index in [4.69, 9.17) is 14.2 Å². The van der Waals surface area contributed by atoms with Crippen LogP contribution in [-0.4, -0.2) is 31.3 Å². The molecule has 24 heavy (non-hydrogen) atoms. The molecule has 1 amide bonds. The lowest BCUT2D eigenvalue weighted by Gasteiger charge is -2.21. The third-order valence-corrected chi connectivity index (χ3v) is 4.08. The monoisotopic (exact) mass is 327 g/mol. The van der Waals surface area contributed by atoms with Crippen LogP contribution < -0.4 is 14.2 Å². The molecule has 2 aromatic carbocycles. The largest absolute Gasteiger partial charge is 0.496 e.